The summed E-state index contributed by atoms with van der Waals surface area (Å²) in [6.07, 6.45) is 7.54. The maximum Gasteiger partial charge on any atom is 0.505 e. The Morgan fingerprint density at radius 2 is 1.79 bits per heavy atom. The number of allylic oxidation sites excluding steroid dienone is 3. The number of diazo groups is 1. The number of ether oxygens (including phenoxy) is 1. The van der Waals surface area contributed by atoms with Crippen LogP contribution in [0.2, 0.25) is 0 Å². The van der Waals surface area contributed by atoms with Gasteiger partial charge in [-0.1, -0.05) is 42.5 Å². The number of esters is 1. The maximum atomic E-state index is 13.1. The minimum Gasteiger partial charge on any atom is -0.505 e. The number of hydrogen-bond donors (Lipinski definition) is 1. The third-order valence-corrected chi connectivity index (χ3v) is 5.37. The molecule has 1 N–H and O–H groups in total. The van der Waals surface area contributed by atoms with E-state index in [1.54, 1.807) is 29.2 Å². The van der Waals surface area contributed by atoms with Crippen molar-refractivity contribution in [3.8, 4) is 0 Å². The fraction of sp³-hybridized carbons (Fsp3) is 0.455. The van der Waals surface area contributed by atoms with Crippen molar-refractivity contribution in [1.29, 1.82) is 5.39 Å². The second kappa shape index (κ2) is 9.87. The lowest BCUT2D eigenvalue weighted by Gasteiger charge is -2.30. The first-order valence-electron chi connectivity index (χ1n) is 10.1. The Kier molecular flexibility index (Phi) is 7.01. The molecule has 1 aromatic carbocycles. The van der Waals surface area contributed by atoms with Gasteiger partial charge in [-0.05, 0) is 38.0 Å². The Hall–Kier alpha value is -3.14. The van der Waals surface area contributed by atoms with Crippen molar-refractivity contribution in [3.05, 3.63) is 64.5 Å². The van der Waals surface area contributed by atoms with E-state index >= 15 is 0 Å². The van der Waals surface area contributed by atoms with Crippen molar-refractivity contribution in [2.45, 2.75) is 44.6 Å². The predicted octanol–water partition coefficient (Wildman–Crippen LogP) is 4.26. The van der Waals surface area contributed by atoms with Crippen LogP contribution in [0.1, 0.15) is 50.2 Å². The molecule has 152 valence electrons. The molecule has 1 heterocycles. The molecular weight excluding hydrogens is 370 g/mol. The van der Waals surface area contributed by atoms with Gasteiger partial charge in [0.1, 0.15) is 0 Å². The lowest BCUT2D eigenvalue weighted by Crippen LogP contribution is -2.40. The molecule has 1 aliphatic carbocycles. The van der Waals surface area contributed by atoms with Gasteiger partial charge in [-0.15, -0.1) is 0 Å². The second-order valence-corrected chi connectivity index (χ2v) is 7.49. The molecule has 2 aliphatic rings. The predicted molar refractivity (Wildman–Crippen MR) is 107 cm³/mol. The number of carbonyl (C=O) groups is 2. The zero-order valence-corrected chi connectivity index (χ0v) is 16.4. The van der Waals surface area contributed by atoms with E-state index in [-0.39, 0.29) is 24.0 Å². The fourth-order valence-corrected chi connectivity index (χ4v) is 3.76. The van der Waals surface area contributed by atoms with Crippen LogP contribution in [0.25, 0.3) is 4.98 Å². The standard InChI is InChI=1S/C22H25N3O4/c23-24-19(18(26)15-16-9-5-6-10-16)22(28)29-20(17-11-3-1-4-12-17)21(27)25-13-7-2-8-14-25/h1,3-6,11-12,16,20H,2,7-10,13-15H2/p+1/t20-/m1/s1. The van der Waals surface area contributed by atoms with E-state index in [1.807, 2.05) is 18.2 Å². The van der Waals surface area contributed by atoms with Gasteiger partial charge < -0.3 is 14.7 Å². The number of aliphatic hydroxyl groups is 1. The summed E-state index contributed by atoms with van der Waals surface area (Å²) in [4.78, 5) is 30.4. The smallest absolute Gasteiger partial charge is 0.505 e. The topological polar surface area (TPSA) is 95.0 Å². The van der Waals surface area contributed by atoms with E-state index < -0.39 is 17.8 Å². The van der Waals surface area contributed by atoms with E-state index in [0.717, 1.165) is 32.1 Å². The van der Waals surface area contributed by atoms with Crippen LogP contribution in [0.5, 0.6) is 0 Å². The van der Waals surface area contributed by atoms with Gasteiger partial charge in [-0.25, -0.2) is 4.79 Å². The van der Waals surface area contributed by atoms with E-state index in [0.29, 0.717) is 18.7 Å². The van der Waals surface area contributed by atoms with Crippen molar-refractivity contribution in [2.24, 2.45) is 5.92 Å². The summed E-state index contributed by atoms with van der Waals surface area (Å²) in [5, 5.41) is 19.6. The number of nitrogens with zero attached hydrogens (tertiary/aromatic N) is 3. The Labute approximate surface area is 170 Å². The van der Waals surface area contributed by atoms with Crippen molar-refractivity contribution < 1.29 is 19.4 Å². The number of benzene rings is 1. The molecule has 0 radical (unpaired) electrons. The minimum absolute atomic E-state index is 0.152. The molecule has 0 aromatic heterocycles. The summed E-state index contributed by atoms with van der Waals surface area (Å²) in [7, 11) is 0. The first kappa shape index (κ1) is 20.6. The normalized spacial score (nSPS) is 18.7. The molecule has 1 amide bonds. The summed E-state index contributed by atoms with van der Waals surface area (Å²) < 4.78 is 5.47. The van der Waals surface area contributed by atoms with Gasteiger partial charge >= 0.3 is 11.7 Å². The molecule has 1 saturated heterocycles. The molecule has 0 bridgehead atoms. The summed E-state index contributed by atoms with van der Waals surface area (Å²) in [5.74, 6) is -1.50. The molecule has 7 nitrogen and oxygen atoms in total. The number of piperidine rings is 1. The fourth-order valence-electron chi connectivity index (χ4n) is 3.76. The van der Waals surface area contributed by atoms with Crippen molar-refractivity contribution in [1.82, 2.24) is 4.90 Å². The van der Waals surface area contributed by atoms with E-state index in [4.69, 9.17) is 4.74 Å². The van der Waals surface area contributed by atoms with Gasteiger partial charge in [0.25, 0.3) is 5.91 Å². The van der Waals surface area contributed by atoms with Gasteiger partial charge in [0.15, 0.2) is 10.7 Å². The molecule has 0 spiro atoms. The van der Waals surface area contributed by atoms with Crippen LogP contribution in [0, 0.1) is 11.3 Å². The number of hydrogen-bond acceptors (Lipinski definition) is 5. The number of rotatable bonds is 6. The van der Waals surface area contributed by atoms with Crippen molar-refractivity contribution in [3.63, 3.8) is 0 Å². The Balaban J connectivity index is 1.79. The van der Waals surface area contributed by atoms with Crippen LogP contribution in [-0.4, -0.2) is 35.0 Å². The quantitative estimate of drug-likeness (QED) is 0.255. The molecule has 1 fully saturated rings. The molecule has 0 unspecified atom stereocenters. The van der Waals surface area contributed by atoms with Crippen molar-refractivity contribution in [2.75, 3.05) is 13.1 Å². The zero-order chi connectivity index (χ0) is 20.6. The summed E-state index contributed by atoms with van der Waals surface area (Å²) >= 11 is 0. The third kappa shape index (κ3) is 5.23. The summed E-state index contributed by atoms with van der Waals surface area (Å²) in [6.45, 7) is 1.24. The van der Waals surface area contributed by atoms with E-state index in [9.17, 15) is 20.1 Å². The lowest BCUT2D eigenvalue weighted by atomic mass is 10.0. The van der Waals surface area contributed by atoms with Crippen LogP contribution < -0.4 is 0 Å². The molecule has 1 atom stereocenters. The van der Waals surface area contributed by atoms with Crippen LogP contribution in [0.4, 0.5) is 0 Å². The maximum absolute atomic E-state index is 13.1. The third-order valence-electron chi connectivity index (χ3n) is 5.37. The molecule has 29 heavy (non-hydrogen) atoms. The average Bonchev–Trinajstić information content (AvgIpc) is 3.26. The number of amides is 1. The zero-order valence-electron chi connectivity index (χ0n) is 16.4. The molecule has 7 heteroatoms. The molecule has 1 aliphatic heterocycles. The monoisotopic (exact) mass is 396 g/mol. The van der Waals surface area contributed by atoms with Gasteiger partial charge in [0, 0.05) is 25.1 Å². The number of aliphatic hydroxyl groups excluding tert-OH is 1. The highest BCUT2D eigenvalue weighted by Crippen LogP contribution is 2.28. The summed E-state index contributed by atoms with van der Waals surface area (Å²) in [6, 6.07) is 8.75. The average molecular weight is 396 g/mol. The van der Waals surface area contributed by atoms with Crippen LogP contribution in [-0.2, 0) is 14.3 Å². The highest BCUT2D eigenvalue weighted by atomic mass is 16.5. The first-order valence-corrected chi connectivity index (χ1v) is 10.1. The van der Waals surface area contributed by atoms with Gasteiger partial charge in [0.2, 0.25) is 11.5 Å². The lowest BCUT2D eigenvalue weighted by molar-refractivity contribution is -0.158. The molecular formula is C22H26N3O4+. The SMILES string of the molecule is N#[N+]/C(C(=O)O[C@@H](C(=O)N1CCCCC1)c1ccccc1)=C(/O)CC1CC=CC1. The largest absolute Gasteiger partial charge is 0.505 e. The van der Waals surface area contributed by atoms with Gasteiger partial charge in [-0.2, -0.15) is 0 Å². The van der Waals surface area contributed by atoms with Crippen LogP contribution in [0.15, 0.2) is 53.9 Å². The minimum atomic E-state index is -1.15. The molecule has 0 saturated carbocycles. The number of carbonyl (C=O) groups excluding carboxylic acids is 2. The highest BCUT2D eigenvalue weighted by Gasteiger charge is 2.38. The van der Waals surface area contributed by atoms with Gasteiger partial charge in [-0.3, -0.25) is 4.79 Å². The highest BCUT2D eigenvalue weighted by molar-refractivity contribution is 5.93. The second-order valence-electron chi connectivity index (χ2n) is 7.49. The first-order chi connectivity index (χ1) is 14.1. The Morgan fingerprint density at radius 1 is 1.14 bits per heavy atom. The van der Waals surface area contributed by atoms with Gasteiger partial charge in [0.05, 0.1) is 0 Å². The van der Waals surface area contributed by atoms with Crippen LogP contribution in [0.3, 0.4) is 0 Å². The van der Waals surface area contributed by atoms with E-state index in [2.05, 4.69) is 4.98 Å². The van der Waals surface area contributed by atoms with Crippen LogP contribution >= 0.6 is 0 Å². The Morgan fingerprint density at radius 3 is 2.41 bits per heavy atom. The van der Waals surface area contributed by atoms with Crippen molar-refractivity contribution >= 4 is 11.9 Å². The van der Waals surface area contributed by atoms with E-state index in [1.165, 1.54) is 0 Å². The number of likely N-dealkylation sites (tertiary alicyclic amines) is 1. The Bertz CT molecular complexity index is 827. The molecule has 1 aromatic rings. The summed E-state index contributed by atoms with van der Waals surface area (Å²) in [5.41, 5.74) is -0.0162. The molecule has 3 rings (SSSR count).